The van der Waals surface area contributed by atoms with Gasteiger partial charge in [-0.25, -0.2) is 33.5 Å². The van der Waals surface area contributed by atoms with Gasteiger partial charge in [0.25, 0.3) is 23.6 Å². The largest absolute Gasteiger partial charge is 0.448 e. The average molecular weight is 1640 g/mol. The van der Waals surface area contributed by atoms with E-state index >= 15 is 0 Å². The second-order valence-corrected chi connectivity index (χ2v) is 34.4. The standard InChI is InChI=1S/C23H25FN4O2.C22H23ClN4O3.C22H25ClN4O2.C22H25FN4O2/c1-23(17-4-6-18(24)7-5-17)12-15-11-16(13-25-21(15)26-23)22(30)27-10-8-19(14-27)28-9-2-3-20(28)29;1-22(16-2-4-17(23)5-3-16)11-14-10-15(12-24-19(14)25-22)20(28)26-7-6-18(13-26)27-8-9-30-21(27)29;2*1-14(28)26(3)19-8-9-27(13-19)21(29)16-10-15-11-22(2,25-20(15)24-12-16)17-4-6-18(23)7-5-17/h4-7,11,13,19H,2-3,8-10,12,14H2,1H3,(H,25,26);2-5,10,12,18H,6-9,11,13H2,1H3,(H,24,25);2*4-7,10,12,19H,8-9,11,13H2,1-3H3,(H,24,25)/t19-,23+;18-,22+;2*19-,22+/m0000/s1. The molecule has 8 atom stereocenters. The molecule has 0 radical (unpaired) electrons. The van der Waals surface area contributed by atoms with Gasteiger partial charge in [-0.15, -0.1) is 0 Å². The Morgan fingerprint density at radius 2 is 0.737 bits per heavy atom. The molecule has 4 N–H and O–H groups in total. The van der Waals surface area contributed by atoms with Crippen molar-refractivity contribution in [3.8, 4) is 0 Å². The lowest BCUT2D eigenvalue weighted by Crippen LogP contribution is -2.39. The molecule has 10 aliphatic rings. The first-order chi connectivity index (χ1) is 56.4. The van der Waals surface area contributed by atoms with Crippen LogP contribution in [0.3, 0.4) is 0 Å². The Morgan fingerprint density at radius 3 is 1.03 bits per heavy atom. The molecule has 0 bridgehead atoms. The molecule has 0 unspecified atom stereocenters. The first kappa shape index (κ1) is 81.8. The van der Waals surface area contributed by atoms with Crippen LogP contribution in [-0.4, -0.2) is 217 Å². The zero-order chi connectivity index (χ0) is 83.3. The van der Waals surface area contributed by atoms with E-state index in [-0.39, 0.29) is 99.9 Å². The van der Waals surface area contributed by atoms with Crippen LogP contribution in [0.4, 0.5) is 36.8 Å². The number of anilines is 4. The fraction of sp³-hybridized carbons (Fsp3) is 0.416. The fourth-order valence-electron chi connectivity index (χ4n) is 18.1. The Bertz CT molecular complexity index is 4910. The minimum Gasteiger partial charge on any atom is -0.448 e. The van der Waals surface area contributed by atoms with Gasteiger partial charge in [0.2, 0.25) is 17.7 Å². The molecular formula is C89H98Cl2F2N16O9. The summed E-state index contributed by atoms with van der Waals surface area (Å²) < 4.78 is 31.6. The second kappa shape index (κ2) is 33.2. The number of fused-ring (bicyclic) bond motifs is 4. The summed E-state index contributed by atoms with van der Waals surface area (Å²) in [6, 6.07) is 36.5. The number of likely N-dealkylation sites (N-methyl/N-ethyl adjacent to an activating group) is 2. The van der Waals surface area contributed by atoms with Crippen LogP contribution < -0.4 is 21.3 Å². The summed E-state index contributed by atoms with van der Waals surface area (Å²) in [5.74, 6) is 2.69. The maximum absolute atomic E-state index is 13.3. The number of hydrogen-bond acceptors (Lipinski definition) is 17. The molecule has 4 aromatic carbocycles. The van der Waals surface area contributed by atoms with Gasteiger partial charge in [0.1, 0.15) is 41.5 Å². The topological polar surface area (TPSA) is 271 Å². The van der Waals surface area contributed by atoms with E-state index in [0.717, 1.165) is 119 Å². The summed E-state index contributed by atoms with van der Waals surface area (Å²) in [7, 11) is 3.57. The highest BCUT2D eigenvalue weighted by atomic mass is 35.5. The van der Waals surface area contributed by atoms with Gasteiger partial charge in [-0.1, -0.05) is 71.7 Å². The van der Waals surface area contributed by atoms with E-state index in [1.54, 1.807) is 101 Å². The van der Waals surface area contributed by atoms with Gasteiger partial charge in [0.15, 0.2) is 0 Å². The smallest absolute Gasteiger partial charge is 0.410 e. The minimum atomic E-state index is -0.395. The van der Waals surface area contributed by atoms with Gasteiger partial charge < -0.3 is 60.3 Å². The van der Waals surface area contributed by atoms with Crippen molar-refractivity contribution in [2.24, 2.45) is 0 Å². The number of halogens is 4. The normalized spacial score (nSPS) is 24.2. The zero-order valence-electron chi connectivity index (χ0n) is 67.6. The third kappa shape index (κ3) is 17.1. The number of benzene rings is 4. The molecule has 6 fully saturated rings. The Labute approximate surface area is 695 Å². The predicted octanol–water partition coefficient (Wildman–Crippen LogP) is 12.3. The molecular weight excluding hydrogens is 1550 g/mol. The van der Waals surface area contributed by atoms with Crippen LogP contribution in [-0.2, 0) is 67.0 Å². The summed E-state index contributed by atoms with van der Waals surface area (Å²) in [5, 5.41) is 15.2. The minimum absolute atomic E-state index is 0.00893. The number of aromatic nitrogens is 4. The third-order valence-electron chi connectivity index (χ3n) is 25.2. The summed E-state index contributed by atoms with van der Waals surface area (Å²) in [6.07, 6.45) is 13.8. The van der Waals surface area contributed by atoms with Crippen LogP contribution in [0.15, 0.2) is 146 Å². The van der Waals surface area contributed by atoms with Gasteiger partial charge in [-0.05, 0) is 177 Å². The molecule has 14 heterocycles. The molecule has 118 heavy (non-hydrogen) atoms. The highest BCUT2D eigenvalue weighted by molar-refractivity contribution is 6.30. The molecule has 6 saturated heterocycles. The van der Waals surface area contributed by atoms with E-state index in [9.17, 15) is 47.1 Å². The second-order valence-electron chi connectivity index (χ2n) is 33.5. The Hall–Kier alpha value is -11.3. The lowest BCUT2D eigenvalue weighted by molar-refractivity contribution is -0.130. The molecule has 0 saturated carbocycles. The summed E-state index contributed by atoms with van der Waals surface area (Å²) in [5.41, 5.74) is 9.16. The highest BCUT2D eigenvalue weighted by Gasteiger charge is 2.44. The van der Waals surface area contributed by atoms with Crippen molar-refractivity contribution in [2.45, 2.75) is 152 Å². The Kier molecular flexibility index (Phi) is 23.0. The van der Waals surface area contributed by atoms with Crippen molar-refractivity contribution in [3.05, 3.63) is 235 Å². The maximum atomic E-state index is 13.3. The molecule has 10 aliphatic heterocycles. The van der Waals surface area contributed by atoms with Crippen molar-refractivity contribution < 1.29 is 51.9 Å². The molecule has 8 amide bonds. The molecule has 0 aliphatic carbocycles. The number of rotatable bonds is 12. The van der Waals surface area contributed by atoms with Gasteiger partial charge >= 0.3 is 6.09 Å². The lowest BCUT2D eigenvalue weighted by atomic mass is 9.89. The number of cyclic esters (lactones) is 1. The van der Waals surface area contributed by atoms with Crippen molar-refractivity contribution in [3.63, 3.8) is 0 Å². The van der Waals surface area contributed by atoms with Gasteiger partial charge in [-0.3, -0.25) is 38.5 Å². The van der Waals surface area contributed by atoms with Crippen LogP contribution in [0.5, 0.6) is 0 Å². The molecule has 25 nitrogen and oxygen atoms in total. The van der Waals surface area contributed by atoms with Crippen molar-refractivity contribution >= 4 is 93.9 Å². The Balaban J connectivity index is 0.000000123. The number of amides is 8. The summed E-state index contributed by atoms with van der Waals surface area (Å²) >= 11 is 12.0. The number of pyridine rings is 4. The maximum Gasteiger partial charge on any atom is 0.410 e. The van der Waals surface area contributed by atoms with Crippen molar-refractivity contribution in [1.29, 1.82) is 0 Å². The van der Waals surface area contributed by atoms with E-state index in [1.807, 2.05) is 94.4 Å². The van der Waals surface area contributed by atoms with Gasteiger partial charge in [0.05, 0.1) is 75.1 Å². The van der Waals surface area contributed by atoms with Gasteiger partial charge in [-0.2, -0.15) is 0 Å². The van der Waals surface area contributed by atoms with Crippen LogP contribution in [0.1, 0.15) is 166 Å². The number of likely N-dealkylation sites (tertiary alicyclic amines) is 5. The quantitative estimate of drug-likeness (QED) is 0.0885. The van der Waals surface area contributed by atoms with Crippen molar-refractivity contribution in [2.75, 3.05) is 107 Å². The average Bonchev–Trinajstić information content (AvgIpc) is 1.64. The van der Waals surface area contributed by atoms with Crippen LogP contribution >= 0.6 is 23.2 Å². The molecule has 616 valence electrons. The van der Waals surface area contributed by atoms with Crippen molar-refractivity contribution in [1.82, 2.24) is 59.1 Å². The number of ether oxygens (including phenoxy) is 1. The van der Waals surface area contributed by atoms with E-state index < -0.39 is 5.54 Å². The number of hydrogen-bond donors (Lipinski definition) is 4. The molecule has 4 aromatic heterocycles. The monoisotopic (exact) mass is 1640 g/mol. The summed E-state index contributed by atoms with van der Waals surface area (Å²) in [6.45, 7) is 18.1. The summed E-state index contributed by atoms with van der Waals surface area (Å²) in [4.78, 5) is 131. The fourth-order valence-corrected chi connectivity index (χ4v) is 18.3. The number of carbonyl (C=O) groups is 8. The van der Waals surface area contributed by atoms with Crippen LogP contribution in [0.2, 0.25) is 10.0 Å². The third-order valence-corrected chi connectivity index (χ3v) is 25.7. The number of nitrogens with one attached hydrogen (secondary N) is 4. The van der Waals surface area contributed by atoms with E-state index in [0.29, 0.717) is 117 Å². The van der Waals surface area contributed by atoms with E-state index in [4.69, 9.17) is 27.9 Å². The lowest BCUT2D eigenvalue weighted by Gasteiger charge is -2.25. The molecule has 29 heteroatoms. The SMILES string of the molecule is CC(=O)N(C)[C@H]1CCN(C(=O)c2cnc3c(c2)C[C@](C)(c2ccc(Cl)cc2)N3)C1.CC(=O)N(C)[C@H]1CCN(C(=O)c2cnc3c(c2)C[C@](C)(c2ccc(F)cc2)N3)C1.C[C@]1(c2ccc(Cl)cc2)Cc2cc(C(=O)N3CC[C@H](N4CCOC4=O)C3)cnc2N1.C[C@]1(c2ccc(F)cc2)Cc2cc(C(=O)N3CC[C@H](N4CCCC4=O)C3)cnc2N1. The zero-order valence-corrected chi connectivity index (χ0v) is 69.1. The van der Waals surface area contributed by atoms with E-state index in [2.05, 4.69) is 62.0 Å². The first-order valence-corrected chi connectivity index (χ1v) is 41.1. The van der Waals surface area contributed by atoms with E-state index in [1.165, 1.54) is 24.3 Å². The first-order valence-electron chi connectivity index (χ1n) is 40.4. The molecule has 8 aromatic rings. The predicted molar refractivity (Wildman–Crippen MR) is 444 cm³/mol. The van der Waals surface area contributed by atoms with Gasteiger partial charge in [0, 0.05) is 154 Å². The van der Waals surface area contributed by atoms with Crippen LogP contribution in [0.25, 0.3) is 0 Å². The highest BCUT2D eigenvalue weighted by Crippen LogP contribution is 2.44. The van der Waals surface area contributed by atoms with Crippen LogP contribution in [0, 0.1) is 11.6 Å². The molecule has 18 rings (SSSR count). The number of nitrogens with zero attached hydrogens (tertiary/aromatic N) is 12. The molecule has 0 spiro atoms. The number of carbonyl (C=O) groups excluding carboxylic acids is 8. The Morgan fingerprint density at radius 1 is 0.432 bits per heavy atom.